The summed E-state index contributed by atoms with van der Waals surface area (Å²) in [6.45, 7) is 4.94. The Balaban J connectivity index is 1.07. The normalized spacial score (nSPS) is 24.5. The maximum atomic E-state index is 13.3. The molecular formula is C28H36N8O3. The number of hydrogen-bond donors (Lipinski definition) is 2. The average Bonchev–Trinajstić information content (AvgIpc) is 3.72. The second-order valence-corrected chi connectivity index (χ2v) is 12.1. The molecule has 11 nitrogen and oxygen atoms in total. The molecule has 0 aromatic carbocycles. The van der Waals surface area contributed by atoms with Crippen molar-refractivity contribution in [3.05, 3.63) is 18.5 Å². The summed E-state index contributed by atoms with van der Waals surface area (Å²) < 4.78 is 13.9. The zero-order valence-electron chi connectivity index (χ0n) is 22.3. The standard InChI is InChI=1S/C28H36N8O3/c37-27(35-9-2-1-6-28(35)7-8-28)31-23-13-30-32-25(23)22-11-24-21(12-29-22)26(33-36(24)14-18-5-10-38-17-18)34-15-20(16-34)39-19-3-4-19/h11-13,18-20H,1-10,14-17H2,(H,30,32)(H,31,37)/t18-/m0/s1. The molecule has 1 spiro atoms. The predicted molar refractivity (Wildman–Crippen MR) is 146 cm³/mol. The maximum Gasteiger partial charge on any atom is 0.322 e. The number of amides is 2. The summed E-state index contributed by atoms with van der Waals surface area (Å²) in [7, 11) is 0. The van der Waals surface area contributed by atoms with E-state index in [1.807, 2.05) is 11.1 Å². The van der Waals surface area contributed by atoms with E-state index in [1.165, 1.54) is 19.3 Å². The van der Waals surface area contributed by atoms with Crippen molar-refractivity contribution in [1.29, 1.82) is 0 Å². The summed E-state index contributed by atoms with van der Waals surface area (Å²) in [6, 6.07) is 2.04. The fourth-order valence-electron chi connectivity index (χ4n) is 6.54. The van der Waals surface area contributed by atoms with Gasteiger partial charge in [0.15, 0.2) is 5.82 Å². The summed E-state index contributed by atoms with van der Waals surface area (Å²) in [6.07, 6.45) is 13.4. The minimum absolute atomic E-state index is 0.0368. The number of fused-ring (bicyclic) bond motifs is 1. The van der Waals surface area contributed by atoms with E-state index < -0.39 is 0 Å². The van der Waals surface area contributed by atoms with Crippen LogP contribution in [0.25, 0.3) is 22.3 Å². The largest absolute Gasteiger partial charge is 0.381 e. The van der Waals surface area contributed by atoms with E-state index in [2.05, 4.69) is 31.2 Å². The van der Waals surface area contributed by atoms with Gasteiger partial charge in [-0.25, -0.2) is 4.79 Å². The number of piperidine rings is 1. The molecule has 3 aliphatic heterocycles. The van der Waals surface area contributed by atoms with Crippen molar-refractivity contribution in [2.75, 3.05) is 43.1 Å². The van der Waals surface area contributed by atoms with Crippen LogP contribution in [0, 0.1) is 5.92 Å². The van der Waals surface area contributed by atoms with Crippen molar-refractivity contribution < 1.29 is 14.3 Å². The van der Waals surface area contributed by atoms with Crippen LogP contribution in [0.2, 0.25) is 0 Å². The van der Waals surface area contributed by atoms with Crippen molar-refractivity contribution >= 4 is 28.4 Å². The maximum absolute atomic E-state index is 13.3. The van der Waals surface area contributed by atoms with Crippen molar-refractivity contribution in [3.8, 4) is 11.4 Å². The van der Waals surface area contributed by atoms with Gasteiger partial charge in [-0.15, -0.1) is 0 Å². The van der Waals surface area contributed by atoms with Gasteiger partial charge in [-0.2, -0.15) is 10.2 Å². The third-order valence-electron chi connectivity index (χ3n) is 9.18. The molecule has 3 aromatic rings. The van der Waals surface area contributed by atoms with Crippen molar-refractivity contribution in [3.63, 3.8) is 0 Å². The lowest BCUT2D eigenvalue weighted by Gasteiger charge is -2.39. The Hall–Kier alpha value is -3.18. The Morgan fingerprint density at radius 1 is 1.15 bits per heavy atom. The van der Waals surface area contributed by atoms with Gasteiger partial charge in [-0.1, -0.05) is 0 Å². The number of likely N-dealkylation sites (tertiary alicyclic amines) is 1. The number of ether oxygens (including phenoxy) is 2. The highest BCUT2D eigenvalue weighted by Gasteiger charge is 2.51. The van der Waals surface area contributed by atoms with Crippen LogP contribution >= 0.6 is 0 Å². The number of rotatable bonds is 7. The number of nitrogens with one attached hydrogen (secondary N) is 2. The van der Waals surface area contributed by atoms with Gasteiger partial charge in [0.25, 0.3) is 0 Å². The van der Waals surface area contributed by atoms with E-state index in [4.69, 9.17) is 19.6 Å². The molecule has 206 valence electrons. The first-order valence-corrected chi connectivity index (χ1v) is 14.6. The van der Waals surface area contributed by atoms with Crippen molar-refractivity contribution in [2.24, 2.45) is 5.92 Å². The number of carbonyl (C=O) groups is 1. The average molecular weight is 533 g/mol. The van der Waals surface area contributed by atoms with Crippen LogP contribution in [0.1, 0.15) is 51.4 Å². The van der Waals surface area contributed by atoms with Gasteiger partial charge in [0.05, 0.1) is 47.3 Å². The first kappa shape index (κ1) is 23.7. The Morgan fingerprint density at radius 2 is 2.05 bits per heavy atom. The molecule has 5 aliphatic rings. The molecule has 2 aliphatic carbocycles. The van der Waals surface area contributed by atoms with Gasteiger partial charge in [0.2, 0.25) is 0 Å². The van der Waals surface area contributed by atoms with E-state index in [0.29, 0.717) is 29.5 Å². The lowest BCUT2D eigenvalue weighted by molar-refractivity contribution is 0.0217. The zero-order valence-corrected chi connectivity index (χ0v) is 22.3. The van der Waals surface area contributed by atoms with Gasteiger partial charge >= 0.3 is 6.03 Å². The van der Waals surface area contributed by atoms with E-state index >= 15 is 0 Å². The smallest absolute Gasteiger partial charge is 0.322 e. The Kier molecular flexibility index (Phi) is 5.58. The van der Waals surface area contributed by atoms with Crippen LogP contribution in [0.3, 0.4) is 0 Å². The molecule has 5 fully saturated rings. The number of hydrogen-bond acceptors (Lipinski definition) is 7. The first-order valence-electron chi connectivity index (χ1n) is 14.6. The molecular weight excluding hydrogens is 496 g/mol. The third-order valence-corrected chi connectivity index (χ3v) is 9.18. The van der Waals surface area contributed by atoms with Crippen LogP contribution in [-0.4, -0.2) is 86.5 Å². The number of nitrogens with zero attached hydrogens (tertiary/aromatic N) is 6. The minimum atomic E-state index is -0.0368. The van der Waals surface area contributed by atoms with E-state index in [-0.39, 0.29) is 11.6 Å². The van der Waals surface area contributed by atoms with Crippen LogP contribution in [-0.2, 0) is 16.0 Å². The molecule has 6 heterocycles. The molecule has 0 bridgehead atoms. The number of carbonyl (C=O) groups excluding carboxylic acids is 1. The van der Waals surface area contributed by atoms with Gasteiger partial charge in [0.1, 0.15) is 5.69 Å². The van der Waals surface area contributed by atoms with Gasteiger partial charge < -0.3 is 24.6 Å². The van der Waals surface area contributed by atoms with Crippen LogP contribution in [0.15, 0.2) is 18.5 Å². The molecule has 2 saturated carbocycles. The molecule has 39 heavy (non-hydrogen) atoms. The predicted octanol–water partition coefficient (Wildman–Crippen LogP) is 3.78. The van der Waals surface area contributed by atoms with Crippen LogP contribution in [0.4, 0.5) is 16.3 Å². The topological polar surface area (TPSA) is 113 Å². The summed E-state index contributed by atoms with van der Waals surface area (Å²) in [5.74, 6) is 1.41. The Morgan fingerprint density at radius 3 is 2.85 bits per heavy atom. The summed E-state index contributed by atoms with van der Waals surface area (Å²) in [5, 5.41) is 16.6. The Labute approximate surface area is 227 Å². The summed E-state index contributed by atoms with van der Waals surface area (Å²) in [4.78, 5) is 22.5. The monoisotopic (exact) mass is 532 g/mol. The number of anilines is 2. The van der Waals surface area contributed by atoms with E-state index in [9.17, 15) is 4.79 Å². The number of pyridine rings is 1. The first-order chi connectivity index (χ1) is 19.1. The molecule has 0 radical (unpaired) electrons. The lowest BCUT2D eigenvalue weighted by Crippen LogP contribution is -2.53. The minimum Gasteiger partial charge on any atom is -0.381 e. The van der Waals surface area contributed by atoms with E-state index in [0.717, 1.165) is 93.9 Å². The highest BCUT2D eigenvalue weighted by molar-refractivity contribution is 5.96. The molecule has 8 rings (SSSR count). The second kappa shape index (κ2) is 9.19. The molecule has 1 atom stereocenters. The highest BCUT2D eigenvalue weighted by Crippen LogP contribution is 2.48. The SMILES string of the molecule is O=C(Nc1cn[nH]c1-c1cc2c(cn1)c(N1CC(OC3CC3)C1)nn2C[C@@H]1CCOC1)N1CCCCC12CC2. The lowest BCUT2D eigenvalue weighted by atomic mass is 10.0. The number of aromatic nitrogens is 5. The van der Waals surface area contributed by atoms with Gasteiger partial charge in [0, 0.05) is 50.4 Å². The quantitative estimate of drug-likeness (QED) is 0.476. The fourth-order valence-corrected chi connectivity index (χ4v) is 6.54. The molecule has 11 heteroatoms. The van der Waals surface area contributed by atoms with Crippen molar-refractivity contribution in [2.45, 2.75) is 75.7 Å². The van der Waals surface area contributed by atoms with E-state index in [1.54, 1.807) is 6.20 Å². The molecule has 2 amide bonds. The third kappa shape index (κ3) is 4.35. The highest BCUT2D eigenvalue weighted by atomic mass is 16.5. The van der Waals surface area contributed by atoms with Crippen LogP contribution in [0.5, 0.6) is 0 Å². The fraction of sp³-hybridized carbons (Fsp3) is 0.643. The second-order valence-electron chi connectivity index (χ2n) is 12.1. The zero-order chi connectivity index (χ0) is 26.0. The molecule has 0 unspecified atom stereocenters. The molecule has 3 aromatic heterocycles. The van der Waals surface area contributed by atoms with Gasteiger partial charge in [-0.05, 0) is 57.4 Å². The summed E-state index contributed by atoms with van der Waals surface area (Å²) in [5.41, 5.74) is 3.23. The summed E-state index contributed by atoms with van der Waals surface area (Å²) >= 11 is 0. The van der Waals surface area contributed by atoms with Crippen molar-refractivity contribution in [1.82, 2.24) is 29.9 Å². The van der Waals surface area contributed by atoms with Crippen LogP contribution < -0.4 is 10.2 Å². The number of aromatic amines is 1. The van der Waals surface area contributed by atoms with Gasteiger partial charge in [-0.3, -0.25) is 14.8 Å². The number of urea groups is 1. The Bertz CT molecular complexity index is 1380. The number of H-pyrrole nitrogens is 1. The molecule has 3 saturated heterocycles. The molecule has 2 N–H and O–H groups in total.